The van der Waals surface area contributed by atoms with E-state index in [2.05, 4.69) is 43.1 Å². The van der Waals surface area contributed by atoms with Crippen molar-refractivity contribution in [2.75, 3.05) is 11.9 Å². The third-order valence-corrected chi connectivity index (χ3v) is 4.87. The molecular formula is C25H27NO2. The van der Waals surface area contributed by atoms with Gasteiger partial charge in [-0.15, -0.1) is 0 Å². The summed E-state index contributed by atoms with van der Waals surface area (Å²) in [6, 6.07) is 20.1. The van der Waals surface area contributed by atoms with Gasteiger partial charge >= 0.3 is 0 Å². The highest BCUT2D eigenvalue weighted by molar-refractivity contribution is 6.05. The van der Waals surface area contributed by atoms with Crippen molar-refractivity contribution >= 4 is 22.4 Å². The van der Waals surface area contributed by atoms with Gasteiger partial charge in [0, 0.05) is 21.9 Å². The van der Waals surface area contributed by atoms with Crippen molar-refractivity contribution in [3.8, 4) is 5.75 Å². The van der Waals surface area contributed by atoms with Gasteiger partial charge in [-0.1, -0.05) is 80.6 Å². The van der Waals surface area contributed by atoms with Crippen molar-refractivity contribution in [2.45, 2.75) is 27.2 Å². The van der Waals surface area contributed by atoms with Crippen LogP contribution in [0.4, 0.5) is 5.69 Å². The standard InChI is InChI=1S/C25H27NO2/c1-5-16-28-23-15-14-22(20-8-6-7-9-21(20)23)26-24(27)25(3,4)17-19-12-10-18(2)11-13-19/h5-15H,1,16-17H2,2-4H3,(H,26,27). The summed E-state index contributed by atoms with van der Waals surface area (Å²) in [7, 11) is 0. The van der Waals surface area contributed by atoms with Crippen molar-refractivity contribution < 1.29 is 9.53 Å². The van der Waals surface area contributed by atoms with Gasteiger partial charge in [-0.05, 0) is 31.0 Å². The molecule has 0 radical (unpaired) electrons. The highest BCUT2D eigenvalue weighted by Gasteiger charge is 2.28. The van der Waals surface area contributed by atoms with Gasteiger partial charge in [0.2, 0.25) is 5.91 Å². The highest BCUT2D eigenvalue weighted by Crippen LogP contribution is 2.33. The number of anilines is 1. The van der Waals surface area contributed by atoms with Crippen LogP contribution in [0.5, 0.6) is 5.75 Å². The maximum Gasteiger partial charge on any atom is 0.230 e. The van der Waals surface area contributed by atoms with E-state index >= 15 is 0 Å². The number of aryl methyl sites for hydroxylation is 1. The van der Waals surface area contributed by atoms with Crippen LogP contribution >= 0.6 is 0 Å². The molecule has 0 aliphatic heterocycles. The molecule has 0 fully saturated rings. The van der Waals surface area contributed by atoms with E-state index in [1.54, 1.807) is 6.08 Å². The summed E-state index contributed by atoms with van der Waals surface area (Å²) >= 11 is 0. The van der Waals surface area contributed by atoms with E-state index in [0.29, 0.717) is 13.0 Å². The molecule has 1 amide bonds. The summed E-state index contributed by atoms with van der Waals surface area (Å²) in [5.41, 5.74) is 2.64. The van der Waals surface area contributed by atoms with E-state index in [0.717, 1.165) is 27.8 Å². The molecule has 28 heavy (non-hydrogen) atoms. The fourth-order valence-electron chi connectivity index (χ4n) is 3.24. The number of nitrogens with one attached hydrogen (secondary N) is 1. The number of carbonyl (C=O) groups is 1. The van der Waals surface area contributed by atoms with E-state index < -0.39 is 5.41 Å². The molecule has 0 bridgehead atoms. The summed E-state index contributed by atoms with van der Waals surface area (Å²) in [6.07, 6.45) is 2.40. The lowest BCUT2D eigenvalue weighted by Crippen LogP contribution is -2.32. The van der Waals surface area contributed by atoms with Crippen LogP contribution in [0.15, 0.2) is 73.3 Å². The Morgan fingerprint density at radius 2 is 1.71 bits per heavy atom. The summed E-state index contributed by atoms with van der Waals surface area (Å²) in [4.78, 5) is 13.1. The quantitative estimate of drug-likeness (QED) is 0.522. The van der Waals surface area contributed by atoms with Gasteiger partial charge in [0.25, 0.3) is 0 Å². The van der Waals surface area contributed by atoms with Crippen LogP contribution in [0.1, 0.15) is 25.0 Å². The summed E-state index contributed by atoms with van der Waals surface area (Å²) < 4.78 is 5.75. The Labute approximate surface area is 167 Å². The first-order chi connectivity index (χ1) is 13.4. The molecule has 0 saturated carbocycles. The molecule has 3 aromatic rings. The number of carbonyl (C=O) groups excluding carboxylic acids is 1. The molecule has 3 nitrogen and oxygen atoms in total. The SMILES string of the molecule is C=CCOc1ccc(NC(=O)C(C)(C)Cc2ccc(C)cc2)c2ccccc12. The fraction of sp³-hybridized carbons (Fsp3) is 0.240. The van der Waals surface area contributed by atoms with E-state index in [1.165, 1.54) is 5.56 Å². The van der Waals surface area contributed by atoms with Gasteiger partial charge in [0.15, 0.2) is 0 Å². The van der Waals surface area contributed by atoms with Gasteiger partial charge in [0.05, 0.1) is 0 Å². The van der Waals surface area contributed by atoms with Gasteiger partial charge in [-0.25, -0.2) is 0 Å². The molecule has 3 rings (SSSR count). The van der Waals surface area contributed by atoms with Crippen LogP contribution in [0.25, 0.3) is 10.8 Å². The zero-order chi connectivity index (χ0) is 20.1. The van der Waals surface area contributed by atoms with Gasteiger partial charge in [-0.3, -0.25) is 4.79 Å². The van der Waals surface area contributed by atoms with E-state index in [-0.39, 0.29) is 5.91 Å². The number of fused-ring (bicyclic) bond motifs is 1. The Bertz CT molecular complexity index is 987. The molecule has 0 heterocycles. The van der Waals surface area contributed by atoms with Crippen LogP contribution < -0.4 is 10.1 Å². The third kappa shape index (κ3) is 4.42. The van der Waals surface area contributed by atoms with Gasteiger partial charge in [-0.2, -0.15) is 0 Å². The lowest BCUT2D eigenvalue weighted by Gasteiger charge is -2.24. The molecule has 3 aromatic carbocycles. The molecule has 0 aromatic heterocycles. The summed E-state index contributed by atoms with van der Waals surface area (Å²) in [5, 5.41) is 5.06. The van der Waals surface area contributed by atoms with E-state index in [4.69, 9.17) is 4.74 Å². The van der Waals surface area contributed by atoms with Crippen molar-refractivity contribution in [1.29, 1.82) is 0 Å². The van der Waals surface area contributed by atoms with Gasteiger partial charge < -0.3 is 10.1 Å². The molecule has 0 unspecified atom stereocenters. The third-order valence-electron chi connectivity index (χ3n) is 4.87. The van der Waals surface area contributed by atoms with Crippen LogP contribution in [0.3, 0.4) is 0 Å². The Hall–Kier alpha value is -3.07. The number of hydrogen-bond acceptors (Lipinski definition) is 2. The lowest BCUT2D eigenvalue weighted by molar-refractivity contribution is -0.123. The average molecular weight is 373 g/mol. The minimum atomic E-state index is -0.533. The number of ether oxygens (including phenoxy) is 1. The predicted octanol–water partition coefficient (Wildman–Crippen LogP) is 5.92. The number of benzene rings is 3. The largest absolute Gasteiger partial charge is 0.489 e. The molecule has 0 atom stereocenters. The fourth-order valence-corrected chi connectivity index (χ4v) is 3.24. The molecule has 3 heteroatoms. The zero-order valence-electron chi connectivity index (χ0n) is 16.8. The second-order valence-corrected chi connectivity index (χ2v) is 7.76. The Morgan fingerprint density at radius 3 is 2.39 bits per heavy atom. The smallest absolute Gasteiger partial charge is 0.230 e. The monoisotopic (exact) mass is 373 g/mol. The average Bonchev–Trinajstić information content (AvgIpc) is 2.69. The predicted molar refractivity (Wildman–Crippen MR) is 117 cm³/mol. The van der Waals surface area contributed by atoms with Crippen molar-refractivity contribution in [3.05, 3.63) is 84.4 Å². The Morgan fingerprint density at radius 1 is 1.04 bits per heavy atom. The Balaban J connectivity index is 1.84. The first-order valence-electron chi connectivity index (χ1n) is 9.53. The van der Waals surface area contributed by atoms with E-state index in [9.17, 15) is 4.79 Å². The first-order valence-corrected chi connectivity index (χ1v) is 9.53. The summed E-state index contributed by atoms with van der Waals surface area (Å²) in [6.45, 7) is 10.2. The zero-order valence-corrected chi connectivity index (χ0v) is 16.8. The van der Waals surface area contributed by atoms with Crippen molar-refractivity contribution in [3.63, 3.8) is 0 Å². The number of amides is 1. The topological polar surface area (TPSA) is 38.3 Å². The van der Waals surface area contributed by atoms with E-state index in [1.807, 2.05) is 50.2 Å². The van der Waals surface area contributed by atoms with Crippen molar-refractivity contribution in [2.24, 2.45) is 5.41 Å². The summed E-state index contributed by atoms with van der Waals surface area (Å²) in [5.74, 6) is 0.783. The minimum Gasteiger partial charge on any atom is -0.489 e. The van der Waals surface area contributed by atoms with Crippen molar-refractivity contribution in [1.82, 2.24) is 0 Å². The van der Waals surface area contributed by atoms with Crippen LogP contribution in [0, 0.1) is 12.3 Å². The minimum absolute atomic E-state index is 0.00186. The molecular weight excluding hydrogens is 346 g/mol. The molecule has 0 saturated heterocycles. The second kappa shape index (κ2) is 8.30. The normalized spacial score (nSPS) is 11.2. The first kappa shape index (κ1) is 19.7. The molecule has 144 valence electrons. The van der Waals surface area contributed by atoms with Crippen LogP contribution in [0.2, 0.25) is 0 Å². The second-order valence-electron chi connectivity index (χ2n) is 7.76. The maximum absolute atomic E-state index is 13.1. The number of rotatable bonds is 7. The highest BCUT2D eigenvalue weighted by atomic mass is 16.5. The van der Waals surface area contributed by atoms with Crippen LogP contribution in [-0.4, -0.2) is 12.5 Å². The molecule has 0 spiro atoms. The molecule has 1 N–H and O–H groups in total. The molecule has 0 aliphatic carbocycles. The lowest BCUT2D eigenvalue weighted by atomic mass is 9.84. The number of hydrogen-bond donors (Lipinski definition) is 1. The van der Waals surface area contributed by atoms with Gasteiger partial charge in [0.1, 0.15) is 12.4 Å². The maximum atomic E-state index is 13.1. The Kier molecular flexibility index (Phi) is 5.84. The van der Waals surface area contributed by atoms with Crippen LogP contribution in [-0.2, 0) is 11.2 Å². The molecule has 0 aliphatic rings.